The number of nitrogens with zero attached hydrogens (tertiary/aromatic N) is 4. The smallest absolute Gasteiger partial charge is 0.252 e. The van der Waals surface area contributed by atoms with Crippen LogP contribution in [0, 0.1) is 0 Å². The molecule has 10 heteroatoms. The lowest BCUT2D eigenvalue weighted by molar-refractivity contribution is 0.0267. The maximum Gasteiger partial charge on any atom is 0.252 e. The third-order valence-electron chi connectivity index (χ3n) is 7.43. The Morgan fingerprint density at radius 1 is 1.16 bits per heavy atom. The molecule has 9 nitrogen and oxygen atoms in total. The summed E-state index contributed by atoms with van der Waals surface area (Å²) < 4.78 is 27.8. The van der Waals surface area contributed by atoms with Crippen molar-refractivity contribution in [2.45, 2.75) is 82.0 Å². The van der Waals surface area contributed by atoms with E-state index in [0.29, 0.717) is 24.6 Å². The van der Waals surface area contributed by atoms with Crippen molar-refractivity contribution in [1.29, 1.82) is 0 Å². The number of sulfonamides is 1. The molecule has 0 aromatic carbocycles. The molecule has 3 fully saturated rings. The summed E-state index contributed by atoms with van der Waals surface area (Å²) in [5, 5.41) is 15.0. The first-order chi connectivity index (χ1) is 15.2. The Kier molecular flexibility index (Phi) is 5.50. The van der Waals surface area contributed by atoms with E-state index in [1.165, 1.54) is 6.07 Å². The third kappa shape index (κ3) is 3.92. The summed E-state index contributed by atoms with van der Waals surface area (Å²) in [6.07, 6.45) is 8.03. The molecular formula is C22H31N5O4S. The molecule has 1 aliphatic heterocycles. The van der Waals surface area contributed by atoms with Gasteiger partial charge in [-0.25, -0.2) is 13.4 Å². The standard InChI is InChI=1S/C22H31N5O4S/c1-22(29)11-2-4-18(22)27-19(28)10-5-15-14-23-21(25-20(15)27)24-16-6-8-17(9-7-16)26-12-3-13-32(26,30)31/h5,10,14,16-18,29H,2-4,6-9,11-13H2,1H3,(H,23,24,25)/t16?,17?,18-,22-/m1/s1. The minimum Gasteiger partial charge on any atom is -0.388 e. The van der Waals surface area contributed by atoms with E-state index in [-0.39, 0.29) is 29.4 Å². The second kappa shape index (κ2) is 8.07. The van der Waals surface area contributed by atoms with Crippen LogP contribution in [0.5, 0.6) is 0 Å². The number of hydrogen-bond donors (Lipinski definition) is 2. The molecule has 2 saturated carbocycles. The Hall–Kier alpha value is -2.04. The first-order valence-corrected chi connectivity index (χ1v) is 13.2. The highest BCUT2D eigenvalue weighted by molar-refractivity contribution is 7.89. The molecule has 5 rings (SSSR count). The lowest BCUT2D eigenvalue weighted by Gasteiger charge is -2.33. The monoisotopic (exact) mass is 461 g/mol. The minimum absolute atomic E-state index is 0.0906. The summed E-state index contributed by atoms with van der Waals surface area (Å²) in [5.74, 6) is 0.734. The van der Waals surface area contributed by atoms with Crippen molar-refractivity contribution in [3.05, 3.63) is 28.7 Å². The molecule has 0 unspecified atom stereocenters. The summed E-state index contributed by atoms with van der Waals surface area (Å²) >= 11 is 0. The number of pyridine rings is 1. The summed E-state index contributed by atoms with van der Waals surface area (Å²) in [6.45, 7) is 2.43. The van der Waals surface area contributed by atoms with Gasteiger partial charge in [0.2, 0.25) is 16.0 Å². The fourth-order valence-electron chi connectivity index (χ4n) is 5.71. The Morgan fingerprint density at radius 2 is 1.94 bits per heavy atom. The van der Waals surface area contributed by atoms with E-state index in [1.807, 2.05) is 0 Å². The Morgan fingerprint density at radius 3 is 2.59 bits per heavy atom. The van der Waals surface area contributed by atoms with Gasteiger partial charge in [0.25, 0.3) is 5.56 Å². The van der Waals surface area contributed by atoms with Crippen LogP contribution in [-0.2, 0) is 10.0 Å². The number of anilines is 1. The van der Waals surface area contributed by atoms with Crippen LogP contribution >= 0.6 is 0 Å². The number of hydrogen-bond acceptors (Lipinski definition) is 7. The van der Waals surface area contributed by atoms with E-state index >= 15 is 0 Å². The van der Waals surface area contributed by atoms with Gasteiger partial charge < -0.3 is 10.4 Å². The maximum absolute atomic E-state index is 12.7. The van der Waals surface area contributed by atoms with Gasteiger partial charge in [-0.15, -0.1) is 0 Å². The molecule has 2 N–H and O–H groups in total. The van der Waals surface area contributed by atoms with Crippen LogP contribution in [0.2, 0.25) is 0 Å². The molecule has 174 valence electrons. The lowest BCUT2D eigenvalue weighted by Crippen LogP contribution is -2.41. The molecule has 0 spiro atoms. The van der Waals surface area contributed by atoms with Gasteiger partial charge in [-0.05, 0) is 64.4 Å². The fourth-order valence-corrected chi connectivity index (χ4v) is 7.51. The van der Waals surface area contributed by atoms with Crippen LogP contribution in [-0.4, -0.2) is 62.3 Å². The second-order valence-corrected chi connectivity index (χ2v) is 11.8. The molecule has 0 radical (unpaired) electrons. The first-order valence-electron chi connectivity index (χ1n) is 11.6. The lowest BCUT2D eigenvalue weighted by atomic mass is 9.91. The largest absolute Gasteiger partial charge is 0.388 e. The van der Waals surface area contributed by atoms with E-state index < -0.39 is 15.6 Å². The highest BCUT2D eigenvalue weighted by Gasteiger charge is 2.39. The van der Waals surface area contributed by atoms with Gasteiger partial charge in [0.05, 0.1) is 17.4 Å². The van der Waals surface area contributed by atoms with Crippen molar-refractivity contribution < 1.29 is 13.5 Å². The molecule has 3 heterocycles. The van der Waals surface area contributed by atoms with Crippen LogP contribution in [0.25, 0.3) is 11.0 Å². The van der Waals surface area contributed by atoms with E-state index in [0.717, 1.165) is 50.3 Å². The molecule has 32 heavy (non-hydrogen) atoms. The number of aromatic nitrogens is 3. The summed E-state index contributed by atoms with van der Waals surface area (Å²) in [5.41, 5.74) is -0.564. The molecule has 0 amide bonds. The molecule has 2 aromatic heterocycles. The van der Waals surface area contributed by atoms with Crippen molar-refractivity contribution in [3.63, 3.8) is 0 Å². The van der Waals surface area contributed by atoms with Gasteiger partial charge in [0.1, 0.15) is 5.65 Å². The summed E-state index contributed by atoms with van der Waals surface area (Å²) in [4.78, 5) is 21.9. The fraction of sp³-hybridized carbons (Fsp3) is 0.682. The van der Waals surface area contributed by atoms with Crippen molar-refractivity contribution in [2.75, 3.05) is 17.6 Å². The van der Waals surface area contributed by atoms with Crippen molar-refractivity contribution in [3.8, 4) is 0 Å². The van der Waals surface area contributed by atoms with Crippen molar-refractivity contribution >= 4 is 27.0 Å². The Labute approximate surface area is 187 Å². The SMILES string of the molecule is C[C@@]1(O)CCC[C@H]1n1c(=O)ccc2cnc(NC3CCC(N4CCCS4(=O)=O)CC3)nc21. The first kappa shape index (κ1) is 21.8. The van der Waals surface area contributed by atoms with Gasteiger partial charge in [-0.2, -0.15) is 9.29 Å². The van der Waals surface area contributed by atoms with Gasteiger partial charge in [0, 0.05) is 36.3 Å². The molecule has 0 bridgehead atoms. The minimum atomic E-state index is -3.08. The van der Waals surface area contributed by atoms with Crippen LogP contribution in [0.4, 0.5) is 5.95 Å². The summed E-state index contributed by atoms with van der Waals surface area (Å²) in [7, 11) is -3.08. The van der Waals surface area contributed by atoms with Crippen molar-refractivity contribution in [1.82, 2.24) is 18.8 Å². The maximum atomic E-state index is 12.7. The van der Waals surface area contributed by atoms with Gasteiger partial charge >= 0.3 is 0 Å². The van der Waals surface area contributed by atoms with E-state index in [2.05, 4.69) is 15.3 Å². The van der Waals surface area contributed by atoms with Crippen molar-refractivity contribution in [2.24, 2.45) is 0 Å². The number of rotatable bonds is 4. The Balaban J connectivity index is 1.35. The van der Waals surface area contributed by atoms with Crippen LogP contribution in [0.3, 0.4) is 0 Å². The van der Waals surface area contributed by atoms with Crippen LogP contribution in [0.15, 0.2) is 23.1 Å². The Bertz CT molecular complexity index is 1170. The highest BCUT2D eigenvalue weighted by Crippen LogP contribution is 2.39. The average Bonchev–Trinajstić information content (AvgIpc) is 3.29. The second-order valence-electron chi connectivity index (χ2n) is 9.71. The molecular weight excluding hydrogens is 430 g/mol. The average molecular weight is 462 g/mol. The van der Waals surface area contributed by atoms with E-state index in [9.17, 15) is 18.3 Å². The van der Waals surface area contributed by atoms with Gasteiger partial charge in [0.15, 0.2) is 0 Å². The third-order valence-corrected chi connectivity index (χ3v) is 9.43. The summed E-state index contributed by atoms with van der Waals surface area (Å²) in [6, 6.07) is 3.18. The van der Waals surface area contributed by atoms with Crippen LogP contribution < -0.4 is 10.9 Å². The van der Waals surface area contributed by atoms with Gasteiger partial charge in [-0.3, -0.25) is 9.36 Å². The quantitative estimate of drug-likeness (QED) is 0.715. The topological polar surface area (TPSA) is 117 Å². The predicted molar refractivity (Wildman–Crippen MR) is 122 cm³/mol. The van der Waals surface area contributed by atoms with E-state index in [1.54, 1.807) is 28.1 Å². The molecule has 2 aromatic rings. The zero-order valence-electron chi connectivity index (χ0n) is 18.4. The zero-order chi connectivity index (χ0) is 22.5. The molecule has 3 aliphatic rings. The zero-order valence-corrected chi connectivity index (χ0v) is 19.2. The predicted octanol–water partition coefficient (Wildman–Crippen LogP) is 2.03. The number of aliphatic hydroxyl groups is 1. The number of nitrogens with one attached hydrogen (secondary N) is 1. The van der Waals surface area contributed by atoms with Gasteiger partial charge in [-0.1, -0.05) is 0 Å². The van der Waals surface area contributed by atoms with Crippen LogP contribution in [0.1, 0.15) is 64.3 Å². The normalized spacial score (nSPS) is 33.0. The highest BCUT2D eigenvalue weighted by atomic mass is 32.2. The number of fused-ring (bicyclic) bond motifs is 1. The molecule has 2 atom stereocenters. The molecule has 2 aliphatic carbocycles. The van der Waals surface area contributed by atoms with E-state index in [4.69, 9.17) is 0 Å². The molecule has 1 saturated heterocycles.